The van der Waals surface area contributed by atoms with Gasteiger partial charge in [0, 0.05) is 0 Å². The van der Waals surface area contributed by atoms with E-state index in [1.165, 1.54) is 25.6 Å². The predicted molar refractivity (Wildman–Crippen MR) is 61.1 cm³/mol. The average Bonchev–Trinajstić information content (AvgIpc) is 2.34. The first-order chi connectivity index (χ1) is 8.61. The molecular weight excluding hydrogens is 241 g/mol. The zero-order valence-corrected chi connectivity index (χ0v) is 9.51. The van der Waals surface area contributed by atoms with Gasteiger partial charge in [-0.2, -0.15) is 0 Å². The van der Waals surface area contributed by atoms with Gasteiger partial charge in [-0.1, -0.05) is 0 Å². The van der Waals surface area contributed by atoms with Crippen molar-refractivity contribution in [3.63, 3.8) is 0 Å². The number of hydroxylamine groups is 1. The molecule has 2 rings (SSSR count). The number of nitrogens with zero attached hydrogens (tertiary/aromatic N) is 2. The minimum Gasteiger partial charge on any atom is -0.289 e. The van der Waals surface area contributed by atoms with E-state index >= 15 is 0 Å². The third kappa shape index (κ3) is 2.35. The number of amides is 1. The summed E-state index contributed by atoms with van der Waals surface area (Å²) in [6.45, 7) is -0.244. The fourth-order valence-electron chi connectivity index (χ4n) is 1.54. The van der Waals surface area contributed by atoms with Crippen LogP contribution in [0.5, 0.6) is 0 Å². The van der Waals surface area contributed by atoms with Crippen molar-refractivity contribution in [1.29, 1.82) is 0 Å². The monoisotopic (exact) mass is 251 g/mol. The van der Waals surface area contributed by atoms with Gasteiger partial charge in [0.1, 0.15) is 12.4 Å². The Morgan fingerprint density at radius 2 is 2.33 bits per heavy atom. The van der Waals surface area contributed by atoms with Crippen molar-refractivity contribution >= 4 is 16.8 Å². The van der Waals surface area contributed by atoms with Gasteiger partial charge in [-0.05, 0) is 18.2 Å². The topological polar surface area (TPSA) is 73.2 Å². The zero-order chi connectivity index (χ0) is 13.1. The number of rotatable bonds is 3. The summed E-state index contributed by atoms with van der Waals surface area (Å²) >= 11 is 0. The minimum atomic E-state index is -0.527. The number of carbonyl (C=O) groups excluding carboxylic acids is 1. The van der Waals surface area contributed by atoms with Gasteiger partial charge in [-0.3, -0.25) is 19.0 Å². The number of benzene rings is 1. The molecule has 0 saturated heterocycles. The fraction of sp³-hybridized carbons (Fsp3) is 0.182. The van der Waals surface area contributed by atoms with Crippen LogP contribution in [0, 0.1) is 5.82 Å². The third-order valence-corrected chi connectivity index (χ3v) is 2.32. The molecule has 0 aliphatic rings. The molecule has 18 heavy (non-hydrogen) atoms. The molecule has 1 aromatic heterocycles. The molecule has 0 spiro atoms. The van der Waals surface area contributed by atoms with Crippen LogP contribution in [0.15, 0.2) is 29.3 Å². The van der Waals surface area contributed by atoms with E-state index in [2.05, 4.69) is 15.3 Å². The molecule has 0 fully saturated rings. The number of hydrogen-bond donors (Lipinski definition) is 1. The first kappa shape index (κ1) is 12.2. The second kappa shape index (κ2) is 4.92. The highest BCUT2D eigenvalue weighted by atomic mass is 19.1. The van der Waals surface area contributed by atoms with Gasteiger partial charge in [0.15, 0.2) is 0 Å². The Kier molecular flexibility index (Phi) is 3.33. The van der Waals surface area contributed by atoms with E-state index in [0.717, 1.165) is 10.6 Å². The maximum Gasteiger partial charge on any atom is 0.263 e. The number of hydrogen-bond acceptors (Lipinski definition) is 4. The summed E-state index contributed by atoms with van der Waals surface area (Å²) in [6, 6.07) is 3.72. The summed E-state index contributed by atoms with van der Waals surface area (Å²) in [6.07, 6.45) is 1.23. The maximum atomic E-state index is 13.1. The van der Waals surface area contributed by atoms with E-state index in [0.29, 0.717) is 5.52 Å². The number of fused-ring (bicyclic) bond motifs is 1. The Morgan fingerprint density at radius 3 is 3.06 bits per heavy atom. The van der Waals surface area contributed by atoms with Crippen LogP contribution in [-0.4, -0.2) is 22.6 Å². The third-order valence-electron chi connectivity index (χ3n) is 2.32. The van der Waals surface area contributed by atoms with Crippen molar-refractivity contribution in [1.82, 2.24) is 15.0 Å². The van der Waals surface area contributed by atoms with Crippen molar-refractivity contribution in [2.45, 2.75) is 6.54 Å². The SMILES string of the molecule is CONC(=O)Cn1cnc2ccc(F)cc2c1=O. The Hall–Kier alpha value is -2.28. The molecule has 94 valence electrons. The summed E-state index contributed by atoms with van der Waals surface area (Å²) in [5, 5.41) is 0.128. The van der Waals surface area contributed by atoms with Crippen LogP contribution in [0.4, 0.5) is 4.39 Å². The largest absolute Gasteiger partial charge is 0.289 e. The molecule has 2 aromatic rings. The highest BCUT2D eigenvalue weighted by Gasteiger charge is 2.08. The molecule has 1 N–H and O–H groups in total. The van der Waals surface area contributed by atoms with Gasteiger partial charge in [0.2, 0.25) is 0 Å². The number of nitrogens with one attached hydrogen (secondary N) is 1. The molecule has 7 heteroatoms. The minimum absolute atomic E-state index is 0.128. The maximum absolute atomic E-state index is 13.1. The highest BCUT2D eigenvalue weighted by Crippen LogP contribution is 2.08. The Bertz CT molecular complexity index is 654. The van der Waals surface area contributed by atoms with Crippen LogP contribution in [0.1, 0.15) is 0 Å². The van der Waals surface area contributed by atoms with Gasteiger partial charge in [0.25, 0.3) is 11.5 Å². The van der Waals surface area contributed by atoms with E-state index in [1.54, 1.807) is 0 Å². The summed E-state index contributed by atoms with van der Waals surface area (Å²) in [4.78, 5) is 31.6. The van der Waals surface area contributed by atoms with E-state index < -0.39 is 17.3 Å². The van der Waals surface area contributed by atoms with Crippen molar-refractivity contribution in [2.24, 2.45) is 0 Å². The average molecular weight is 251 g/mol. The highest BCUT2D eigenvalue weighted by molar-refractivity contribution is 5.78. The van der Waals surface area contributed by atoms with Gasteiger partial charge in [-0.25, -0.2) is 14.9 Å². The van der Waals surface area contributed by atoms with Crippen LogP contribution < -0.4 is 11.0 Å². The Balaban J connectivity index is 2.44. The zero-order valence-electron chi connectivity index (χ0n) is 9.51. The molecule has 1 heterocycles. The molecule has 6 nitrogen and oxygen atoms in total. The second-order valence-corrected chi connectivity index (χ2v) is 3.57. The molecule has 0 aliphatic carbocycles. The molecule has 1 aromatic carbocycles. The molecule has 1 amide bonds. The number of halogens is 1. The van der Waals surface area contributed by atoms with Crippen LogP contribution >= 0.6 is 0 Å². The van der Waals surface area contributed by atoms with Crippen LogP contribution in [0.2, 0.25) is 0 Å². The number of carbonyl (C=O) groups is 1. The Labute approximate surface area is 101 Å². The van der Waals surface area contributed by atoms with Crippen molar-refractivity contribution < 1.29 is 14.0 Å². The summed E-state index contributed by atoms with van der Waals surface area (Å²) < 4.78 is 14.1. The van der Waals surface area contributed by atoms with Gasteiger partial charge >= 0.3 is 0 Å². The van der Waals surface area contributed by atoms with E-state index in [1.807, 2.05) is 0 Å². The normalized spacial score (nSPS) is 10.6. The molecule has 0 unspecified atom stereocenters. The first-order valence-corrected chi connectivity index (χ1v) is 5.08. The van der Waals surface area contributed by atoms with Crippen LogP contribution in [-0.2, 0) is 16.2 Å². The van der Waals surface area contributed by atoms with Gasteiger partial charge in [0.05, 0.1) is 24.3 Å². The van der Waals surface area contributed by atoms with Gasteiger partial charge < -0.3 is 0 Å². The molecule has 0 aliphatic heterocycles. The second-order valence-electron chi connectivity index (χ2n) is 3.57. The molecule has 0 atom stereocenters. The summed E-state index contributed by atoms with van der Waals surface area (Å²) in [7, 11) is 1.29. The standard InChI is InChI=1S/C11H10FN3O3/c1-18-14-10(16)5-15-6-13-9-3-2-7(12)4-8(9)11(15)17/h2-4,6H,5H2,1H3,(H,14,16). The lowest BCUT2D eigenvalue weighted by atomic mass is 10.2. The molecule has 0 bridgehead atoms. The lowest BCUT2D eigenvalue weighted by molar-refractivity contribution is -0.131. The molecule has 0 saturated carbocycles. The van der Waals surface area contributed by atoms with Crippen molar-refractivity contribution in [3.8, 4) is 0 Å². The smallest absolute Gasteiger partial charge is 0.263 e. The summed E-state index contributed by atoms with van der Waals surface area (Å²) in [5.74, 6) is -1.03. The molecular formula is C11H10FN3O3. The molecule has 0 radical (unpaired) electrons. The predicted octanol–water partition coefficient (Wildman–Crippen LogP) is 0.213. The lowest BCUT2D eigenvalue weighted by Crippen LogP contribution is -2.31. The van der Waals surface area contributed by atoms with Crippen LogP contribution in [0.3, 0.4) is 0 Å². The van der Waals surface area contributed by atoms with Crippen molar-refractivity contribution in [2.75, 3.05) is 7.11 Å². The van der Waals surface area contributed by atoms with E-state index in [4.69, 9.17) is 0 Å². The van der Waals surface area contributed by atoms with Crippen LogP contribution in [0.25, 0.3) is 10.9 Å². The lowest BCUT2D eigenvalue weighted by Gasteiger charge is -2.06. The van der Waals surface area contributed by atoms with Crippen molar-refractivity contribution in [3.05, 3.63) is 40.7 Å². The van der Waals surface area contributed by atoms with Gasteiger partial charge in [-0.15, -0.1) is 0 Å². The van der Waals surface area contributed by atoms with E-state index in [9.17, 15) is 14.0 Å². The quantitative estimate of drug-likeness (QED) is 0.791. The fourth-order valence-corrected chi connectivity index (χ4v) is 1.54. The van der Waals surface area contributed by atoms with E-state index in [-0.39, 0.29) is 11.9 Å². The first-order valence-electron chi connectivity index (χ1n) is 5.08. The number of aromatic nitrogens is 2. The Morgan fingerprint density at radius 1 is 1.56 bits per heavy atom. The summed E-state index contributed by atoms with van der Waals surface area (Å²) in [5.41, 5.74) is 1.98.